The number of carbonyl (C=O) groups is 1. The van der Waals surface area contributed by atoms with Crippen LogP contribution in [0.5, 0.6) is 0 Å². The van der Waals surface area contributed by atoms with Crippen molar-refractivity contribution in [3.63, 3.8) is 0 Å². The number of hydrogen-bond donors (Lipinski definition) is 0. The fourth-order valence-electron chi connectivity index (χ4n) is 1.22. The minimum atomic E-state index is -0.228. The lowest BCUT2D eigenvalue weighted by Crippen LogP contribution is -2.20. The van der Waals surface area contributed by atoms with Gasteiger partial charge in [0, 0.05) is 6.42 Å². The molecule has 0 aliphatic rings. The van der Waals surface area contributed by atoms with E-state index in [0.717, 1.165) is 12.8 Å². The molecule has 0 aliphatic carbocycles. The van der Waals surface area contributed by atoms with E-state index in [1.165, 1.54) is 7.11 Å². The third-order valence-electron chi connectivity index (χ3n) is 2.53. The van der Waals surface area contributed by atoms with E-state index in [-0.39, 0.29) is 19.6 Å². The second-order valence-corrected chi connectivity index (χ2v) is 4.23. The van der Waals surface area contributed by atoms with E-state index < -0.39 is 0 Å². The topological polar surface area (TPSA) is 43.4 Å². The second kappa shape index (κ2) is 6.09. The summed E-state index contributed by atoms with van der Waals surface area (Å²) in [5.41, 5.74) is 0. The Morgan fingerprint density at radius 2 is 1.92 bits per heavy atom. The molecule has 0 aromatic rings. The SMILES string of the molecule is CCC(CC)(CCC(=O)OC)P=O. The van der Waals surface area contributed by atoms with Crippen molar-refractivity contribution in [2.45, 2.75) is 44.7 Å². The van der Waals surface area contributed by atoms with E-state index in [0.29, 0.717) is 12.8 Å². The Morgan fingerprint density at radius 3 is 2.23 bits per heavy atom. The Hall–Kier alpha value is -0.430. The minimum absolute atomic E-state index is 0.137. The molecule has 0 atom stereocenters. The first-order chi connectivity index (χ1) is 6.14. The molecular formula is C9H17O3P. The normalized spacial score (nSPS) is 11.6. The van der Waals surface area contributed by atoms with Crippen LogP contribution in [-0.4, -0.2) is 18.2 Å². The molecule has 0 amide bonds. The van der Waals surface area contributed by atoms with Gasteiger partial charge in [-0.2, -0.15) is 0 Å². The average Bonchev–Trinajstić information content (AvgIpc) is 2.20. The maximum atomic E-state index is 10.9. The summed E-state index contributed by atoms with van der Waals surface area (Å²) in [7, 11) is 1.51. The van der Waals surface area contributed by atoms with Crippen LogP contribution < -0.4 is 0 Å². The standard InChI is InChI=1S/C9H17O3P/c1-4-9(5-2,13-11)7-6-8(10)12-3/h4-7H2,1-3H3. The summed E-state index contributed by atoms with van der Waals surface area (Å²) >= 11 is 0. The maximum absolute atomic E-state index is 10.9. The summed E-state index contributed by atoms with van der Waals surface area (Å²) in [6, 6.07) is 0. The molecule has 0 fully saturated rings. The van der Waals surface area contributed by atoms with E-state index in [1.807, 2.05) is 13.8 Å². The van der Waals surface area contributed by atoms with Crippen molar-refractivity contribution in [2.75, 3.05) is 7.11 Å². The van der Waals surface area contributed by atoms with Gasteiger partial charge in [-0.25, -0.2) is 0 Å². The zero-order valence-electron chi connectivity index (χ0n) is 8.50. The monoisotopic (exact) mass is 204 g/mol. The molecule has 0 rings (SSSR count). The maximum Gasteiger partial charge on any atom is 0.305 e. The van der Waals surface area contributed by atoms with Gasteiger partial charge in [-0.15, -0.1) is 0 Å². The Morgan fingerprint density at radius 1 is 1.38 bits per heavy atom. The first-order valence-corrected chi connectivity index (χ1v) is 5.36. The van der Waals surface area contributed by atoms with Crippen LogP contribution >= 0.6 is 8.46 Å². The molecule has 3 nitrogen and oxygen atoms in total. The Bertz CT molecular complexity index is 176. The smallest absolute Gasteiger partial charge is 0.305 e. The van der Waals surface area contributed by atoms with Crippen molar-refractivity contribution in [3.05, 3.63) is 0 Å². The van der Waals surface area contributed by atoms with Crippen molar-refractivity contribution >= 4 is 14.4 Å². The summed E-state index contributed by atoms with van der Waals surface area (Å²) in [6.07, 6.45) is 2.64. The van der Waals surface area contributed by atoms with Gasteiger partial charge in [0.05, 0.1) is 12.3 Å². The molecule has 0 radical (unpaired) electrons. The van der Waals surface area contributed by atoms with Gasteiger partial charge in [0.15, 0.2) is 8.46 Å². The van der Waals surface area contributed by atoms with Crippen LogP contribution in [0.3, 0.4) is 0 Å². The highest BCUT2D eigenvalue weighted by Gasteiger charge is 2.27. The zero-order valence-corrected chi connectivity index (χ0v) is 9.39. The van der Waals surface area contributed by atoms with Crippen molar-refractivity contribution in [1.82, 2.24) is 0 Å². The van der Waals surface area contributed by atoms with Crippen LogP contribution in [0.2, 0.25) is 0 Å². The van der Waals surface area contributed by atoms with Gasteiger partial charge >= 0.3 is 5.97 Å². The van der Waals surface area contributed by atoms with E-state index in [1.54, 1.807) is 0 Å². The highest BCUT2D eigenvalue weighted by Crippen LogP contribution is 2.35. The first kappa shape index (κ1) is 12.6. The van der Waals surface area contributed by atoms with Gasteiger partial charge in [0.1, 0.15) is 0 Å². The van der Waals surface area contributed by atoms with E-state index in [2.05, 4.69) is 4.74 Å². The number of carbonyl (C=O) groups excluding carboxylic acids is 1. The summed E-state index contributed by atoms with van der Waals surface area (Å²) < 4.78 is 15.5. The fraction of sp³-hybridized carbons (Fsp3) is 0.889. The van der Waals surface area contributed by atoms with Crippen LogP contribution in [0.25, 0.3) is 0 Å². The van der Waals surface area contributed by atoms with Crippen molar-refractivity contribution in [1.29, 1.82) is 0 Å². The van der Waals surface area contributed by atoms with Crippen LogP contribution in [-0.2, 0) is 14.1 Å². The third-order valence-corrected chi connectivity index (χ3v) is 3.78. The van der Waals surface area contributed by atoms with Crippen molar-refractivity contribution in [2.24, 2.45) is 0 Å². The van der Waals surface area contributed by atoms with Gasteiger partial charge in [-0.1, -0.05) is 13.8 Å². The Labute approximate surface area is 81.1 Å². The van der Waals surface area contributed by atoms with Crippen molar-refractivity contribution in [3.8, 4) is 0 Å². The predicted molar refractivity (Wildman–Crippen MR) is 52.2 cm³/mol. The first-order valence-electron chi connectivity index (χ1n) is 4.55. The fourth-order valence-corrected chi connectivity index (χ4v) is 1.68. The van der Waals surface area contributed by atoms with Gasteiger partial charge < -0.3 is 4.74 Å². The van der Waals surface area contributed by atoms with Gasteiger partial charge in [0.2, 0.25) is 0 Å². The molecule has 0 aromatic carbocycles. The molecule has 0 saturated carbocycles. The molecule has 0 bridgehead atoms. The molecule has 0 aromatic heterocycles. The summed E-state index contributed by atoms with van der Waals surface area (Å²) in [6.45, 7) is 3.98. The quantitative estimate of drug-likeness (QED) is 0.493. The second-order valence-electron chi connectivity index (χ2n) is 3.10. The van der Waals surface area contributed by atoms with Gasteiger partial charge in [0.25, 0.3) is 0 Å². The lowest BCUT2D eigenvalue weighted by Gasteiger charge is -2.22. The number of hydrogen-bond acceptors (Lipinski definition) is 3. The molecule has 0 N–H and O–H groups in total. The number of esters is 1. The average molecular weight is 204 g/mol. The van der Waals surface area contributed by atoms with Crippen LogP contribution in [0.4, 0.5) is 0 Å². The van der Waals surface area contributed by atoms with E-state index in [4.69, 9.17) is 0 Å². The zero-order chi connectivity index (χ0) is 10.3. The lowest BCUT2D eigenvalue weighted by atomic mass is 9.96. The minimum Gasteiger partial charge on any atom is -0.469 e. The molecule has 0 unspecified atom stereocenters. The van der Waals surface area contributed by atoms with Crippen LogP contribution in [0, 0.1) is 0 Å². The molecule has 4 heteroatoms. The number of rotatable bonds is 6. The van der Waals surface area contributed by atoms with Gasteiger partial charge in [-0.3, -0.25) is 9.36 Å². The molecule has 76 valence electrons. The summed E-state index contributed by atoms with van der Waals surface area (Å²) in [5.74, 6) is -0.227. The van der Waals surface area contributed by atoms with E-state index >= 15 is 0 Å². The summed E-state index contributed by atoms with van der Waals surface area (Å²) in [4.78, 5) is 10.9. The molecular weight excluding hydrogens is 187 g/mol. The van der Waals surface area contributed by atoms with Crippen LogP contribution in [0.15, 0.2) is 0 Å². The highest BCUT2D eigenvalue weighted by atomic mass is 31.1. The third kappa shape index (κ3) is 3.86. The Balaban J connectivity index is 4.10. The molecule has 0 aliphatic heterocycles. The summed E-state index contributed by atoms with van der Waals surface area (Å²) in [5, 5.41) is -0.228. The van der Waals surface area contributed by atoms with Gasteiger partial charge in [-0.05, 0) is 19.3 Å². The van der Waals surface area contributed by atoms with Crippen LogP contribution in [0.1, 0.15) is 39.5 Å². The number of ether oxygens (including phenoxy) is 1. The molecule has 0 spiro atoms. The highest BCUT2D eigenvalue weighted by molar-refractivity contribution is 7.26. The Kier molecular flexibility index (Phi) is 5.89. The number of methoxy groups -OCH3 is 1. The predicted octanol–water partition coefficient (Wildman–Crippen LogP) is 2.79. The van der Waals surface area contributed by atoms with E-state index in [9.17, 15) is 9.36 Å². The molecule has 0 saturated heterocycles. The lowest BCUT2D eigenvalue weighted by molar-refractivity contribution is -0.140. The molecule has 13 heavy (non-hydrogen) atoms. The largest absolute Gasteiger partial charge is 0.469 e. The van der Waals surface area contributed by atoms with Crippen molar-refractivity contribution < 1.29 is 14.1 Å². The molecule has 0 heterocycles.